The molecule has 0 spiro atoms. The van der Waals surface area contributed by atoms with Crippen LogP contribution in [0.3, 0.4) is 0 Å². The summed E-state index contributed by atoms with van der Waals surface area (Å²) in [5, 5.41) is 4.13. The second-order valence-electron chi connectivity index (χ2n) is 4.17. The summed E-state index contributed by atoms with van der Waals surface area (Å²) in [6.07, 6.45) is 1.73. The standard InChI is InChI=1S/C14H14Cl2N2O/c1-9-3-4-11(15)6-13(9)19-14-12(16)5-10(7-17-2)8-18-14/h3-6,8,17H,7H2,1-2H3. The average Bonchev–Trinajstić information content (AvgIpc) is 2.37. The van der Waals surface area contributed by atoms with Gasteiger partial charge in [0, 0.05) is 17.8 Å². The molecule has 0 atom stereocenters. The minimum atomic E-state index is 0.381. The molecule has 3 nitrogen and oxygen atoms in total. The molecule has 0 bridgehead atoms. The third kappa shape index (κ3) is 3.60. The van der Waals surface area contributed by atoms with Gasteiger partial charge in [-0.1, -0.05) is 29.3 Å². The molecule has 1 N–H and O–H groups in total. The first-order chi connectivity index (χ1) is 9.10. The maximum Gasteiger partial charge on any atom is 0.238 e. The Bertz CT molecular complexity index is 588. The number of aryl methyl sites for hydroxylation is 1. The van der Waals surface area contributed by atoms with Gasteiger partial charge in [-0.15, -0.1) is 0 Å². The molecule has 2 rings (SSSR count). The van der Waals surface area contributed by atoms with Crippen molar-refractivity contribution in [2.24, 2.45) is 0 Å². The Morgan fingerprint density at radius 1 is 1.26 bits per heavy atom. The van der Waals surface area contributed by atoms with Crippen molar-refractivity contribution in [3.8, 4) is 11.6 Å². The molecule has 0 aliphatic heterocycles. The number of aromatic nitrogens is 1. The normalized spacial score (nSPS) is 10.5. The molecule has 100 valence electrons. The van der Waals surface area contributed by atoms with Crippen LogP contribution < -0.4 is 10.1 Å². The van der Waals surface area contributed by atoms with Crippen LogP contribution in [0.15, 0.2) is 30.5 Å². The van der Waals surface area contributed by atoms with Crippen LogP contribution in [0.25, 0.3) is 0 Å². The van der Waals surface area contributed by atoms with Crippen LogP contribution in [0.1, 0.15) is 11.1 Å². The van der Waals surface area contributed by atoms with Gasteiger partial charge in [-0.2, -0.15) is 0 Å². The minimum Gasteiger partial charge on any atom is -0.437 e. The second kappa shape index (κ2) is 6.24. The van der Waals surface area contributed by atoms with Gasteiger partial charge in [-0.25, -0.2) is 4.98 Å². The Kier molecular flexibility index (Phi) is 4.64. The molecule has 2 aromatic rings. The van der Waals surface area contributed by atoms with Gasteiger partial charge in [0.2, 0.25) is 5.88 Å². The molecular formula is C14H14Cl2N2O. The van der Waals surface area contributed by atoms with E-state index in [2.05, 4.69) is 10.3 Å². The highest BCUT2D eigenvalue weighted by molar-refractivity contribution is 6.32. The number of nitrogens with one attached hydrogen (secondary N) is 1. The first-order valence-electron chi connectivity index (χ1n) is 5.83. The van der Waals surface area contributed by atoms with Crippen LogP contribution in [0, 0.1) is 6.92 Å². The fourth-order valence-corrected chi connectivity index (χ4v) is 2.02. The van der Waals surface area contributed by atoms with Crippen molar-refractivity contribution in [1.82, 2.24) is 10.3 Å². The number of hydrogen-bond acceptors (Lipinski definition) is 3. The Morgan fingerprint density at radius 3 is 2.74 bits per heavy atom. The van der Waals surface area contributed by atoms with Crippen LogP contribution in [0.5, 0.6) is 11.6 Å². The van der Waals surface area contributed by atoms with Crippen LogP contribution in [0.4, 0.5) is 0 Å². The summed E-state index contributed by atoms with van der Waals surface area (Å²) in [5.74, 6) is 1.04. The van der Waals surface area contributed by atoms with Gasteiger partial charge >= 0.3 is 0 Å². The molecule has 0 saturated carbocycles. The van der Waals surface area contributed by atoms with Gasteiger partial charge in [0.25, 0.3) is 0 Å². The molecule has 19 heavy (non-hydrogen) atoms. The van der Waals surface area contributed by atoms with E-state index in [0.29, 0.717) is 28.2 Å². The summed E-state index contributed by atoms with van der Waals surface area (Å²) in [5.41, 5.74) is 1.98. The van der Waals surface area contributed by atoms with Crippen molar-refractivity contribution >= 4 is 23.2 Å². The molecule has 0 aliphatic rings. The van der Waals surface area contributed by atoms with Crippen LogP contribution in [0.2, 0.25) is 10.0 Å². The van der Waals surface area contributed by atoms with Crippen molar-refractivity contribution < 1.29 is 4.74 Å². The zero-order valence-electron chi connectivity index (χ0n) is 10.7. The molecule has 0 radical (unpaired) electrons. The maximum absolute atomic E-state index is 6.16. The van der Waals surface area contributed by atoms with Gasteiger partial charge in [-0.3, -0.25) is 0 Å². The third-order valence-electron chi connectivity index (χ3n) is 2.60. The predicted molar refractivity (Wildman–Crippen MR) is 78.3 cm³/mol. The number of nitrogens with zero attached hydrogens (tertiary/aromatic N) is 1. The SMILES string of the molecule is CNCc1cnc(Oc2cc(Cl)ccc2C)c(Cl)c1. The molecular weight excluding hydrogens is 283 g/mol. The van der Waals surface area contributed by atoms with E-state index in [1.165, 1.54) is 0 Å². The van der Waals surface area contributed by atoms with E-state index in [9.17, 15) is 0 Å². The average molecular weight is 297 g/mol. The lowest BCUT2D eigenvalue weighted by Crippen LogP contribution is -2.05. The summed E-state index contributed by atoms with van der Waals surface area (Å²) in [4.78, 5) is 4.23. The Morgan fingerprint density at radius 2 is 2.05 bits per heavy atom. The van der Waals surface area contributed by atoms with E-state index in [-0.39, 0.29) is 0 Å². The van der Waals surface area contributed by atoms with Crippen molar-refractivity contribution in [3.05, 3.63) is 51.6 Å². The van der Waals surface area contributed by atoms with E-state index < -0.39 is 0 Å². The van der Waals surface area contributed by atoms with Gasteiger partial charge in [0.15, 0.2) is 0 Å². The van der Waals surface area contributed by atoms with E-state index in [4.69, 9.17) is 27.9 Å². The van der Waals surface area contributed by atoms with Gasteiger partial charge in [0.05, 0.1) is 0 Å². The quantitative estimate of drug-likeness (QED) is 0.918. The number of ether oxygens (including phenoxy) is 1. The number of pyridine rings is 1. The lowest BCUT2D eigenvalue weighted by Gasteiger charge is -2.10. The number of halogens is 2. The molecule has 0 fully saturated rings. The molecule has 1 aromatic heterocycles. The predicted octanol–water partition coefficient (Wildman–Crippen LogP) is 4.21. The Labute approximate surface area is 122 Å². The number of benzene rings is 1. The fourth-order valence-electron chi connectivity index (χ4n) is 1.63. The topological polar surface area (TPSA) is 34.2 Å². The highest BCUT2D eigenvalue weighted by Crippen LogP contribution is 2.31. The Hall–Kier alpha value is -1.29. The molecule has 0 amide bonds. The van der Waals surface area contributed by atoms with Gasteiger partial charge < -0.3 is 10.1 Å². The zero-order chi connectivity index (χ0) is 13.8. The van der Waals surface area contributed by atoms with E-state index in [0.717, 1.165) is 11.1 Å². The van der Waals surface area contributed by atoms with Gasteiger partial charge in [0.1, 0.15) is 10.8 Å². The van der Waals surface area contributed by atoms with Crippen LogP contribution in [-0.4, -0.2) is 12.0 Å². The summed E-state index contributed by atoms with van der Waals surface area (Å²) in [6, 6.07) is 7.28. The summed E-state index contributed by atoms with van der Waals surface area (Å²) >= 11 is 12.1. The lowest BCUT2D eigenvalue weighted by molar-refractivity contribution is 0.459. The van der Waals surface area contributed by atoms with Crippen LogP contribution >= 0.6 is 23.2 Å². The van der Waals surface area contributed by atoms with E-state index in [1.807, 2.05) is 32.2 Å². The smallest absolute Gasteiger partial charge is 0.238 e. The fraction of sp³-hybridized carbons (Fsp3) is 0.214. The highest BCUT2D eigenvalue weighted by atomic mass is 35.5. The zero-order valence-corrected chi connectivity index (χ0v) is 12.2. The third-order valence-corrected chi connectivity index (χ3v) is 3.11. The molecule has 0 unspecified atom stereocenters. The van der Waals surface area contributed by atoms with Crippen molar-refractivity contribution in [1.29, 1.82) is 0 Å². The summed E-state index contributed by atoms with van der Waals surface area (Å²) in [7, 11) is 1.87. The monoisotopic (exact) mass is 296 g/mol. The number of hydrogen-bond donors (Lipinski definition) is 1. The van der Waals surface area contributed by atoms with Crippen molar-refractivity contribution in [2.45, 2.75) is 13.5 Å². The highest BCUT2D eigenvalue weighted by Gasteiger charge is 2.08. The first-order valence-corrected chi connectivity index (χ1v) is 6.59. The Balaban J connectivity index is 2.25. The first kappa shape index (κ1) is 14.1. The largest absolute Gasteiger partial charge is 0.437 e. The molecule has 5 heteroatoms. The van der Waals surface area contributed by atoms with E-state index in [1.54, 1.807) is 12.3 Å². The van der Waals surface area contributed by atoms with Crippen molar-refractivity contribution in [3.63, 3.8) is 0 Å². The molecule has 1 heterocycles. The minimum absolute atomic E-state index is 0.381. The summed E-state index contributed by atoms with van der Waals surface area (Å²) in [6.45, 7) is 2.65. The molecule has 0 aliphatic carbocycles. The van der Waals surface area contributed by atoms with E-state index >= 15 is 0 Å². The molecule has 0 saturated heterocycles. The van der Waals surface area contributed by atoms with Gasteiger partial charge in [-0.05, 0) is 43.3 Å². The number of rotatable bonds is 4. The molecule has 1 aromatic carbocycles. The summed E-state index contributed by atoms with van der Waals surface area (Å²) < 4.78 is 5.71. The second-order valence-corrected chi connectivity index (χ2v) is 5.02. The maximum atomic E-state index is 6.16. The lowest BCUT2D eigenvalue weighted by atomic mass is 10.2. The van der Waals surface area contributed by atoms with Crippen molar-refractivity contribution in [2.75, 3.05) is 7.05 Å². The van der Waals surface area contributed by atoms with Crippen LogP contribution in [-0.2, 0) is 6.54 Å².